The van der Waals surface area contributed by atoms with E-state index in [2.05, 4.69) is 4.90 Å². The normalized spacial score (nSPS) is 13.2. The van der Waals surface area contributed by atoms with E-state index < -0.39 is 0 Å². The maximum Gasteiger partial charge on any atom is 0.0456 e. The molecule has 0 radical (unpaired) electrons. The minimum absolute atomic E-state index is 0.182. The summed E-state index contributed by atoms with van der Waals surface area (Å²) in [5.41, 5.74) is 6.70. The van der Waals surface area contributed by atoms with Gasteiger partial charge in [0.15, 0.2) is 0 Å². The quantitative estimate of drug-likeness (QED) is 0.886. The van der Waals surface area contributed by atoms with Gasteiger partial charge in [-0.05, 0) is 31.8 Å². The summed E-state index contributed by atoms with van der Waals surface area (Å²) in [6.45, 7) is 1.39. The maximum absolute atomic E-state index is 6.13. The van der Waals surface area contributed by atoms with Crippen LogP contribution in [-0.2, 0) is 0 Å². The average Bonchev–Trinajstić information content (AvgIpc) is 2.15. The Morgan fingerprint density at radius 3 is 2.20 bits per heavy atom. The zero-order chi connectivity index (χ0) is 11.4. The average molecular weight is 247 g/mol. The molecule has 0 saturated heterocycles. The summed E-state index contributed by atoms with van der Waals surface area (Å²) in [6, 6.07) is 5.54. The van der Waals surface area contributed by atoms with Crippen molar-refractivity contribution in [2.24, 2.45) is 5.73 Å². The maximum atomic E-state index is 6.13. The van der Waals surface area contributed by atoms with Crippen LogP contribution in [0.25, 0.3) is 0 Å². The van der Waals surface area contributed by atoms with Gasteiger partial charge in [-0.15, -0.1) is 0 Å². The lowest BCUT2D eigenvalue weighted by Gasteiger charge is -2.21. The van der Waals surface area contributed by atoms with Crippen LogP contribution >= 0.6 is 23.2 Å². The number of likely N-dealkylation sites (N-methyl/N-ethyl adjacent to an activating group) is 1. The summed E-state index contributed by atoms with van der Waals surface area (Å²) in [4.78, 5) is 2.08. The van der Waals surface area contributed by atoms with Gasteiger partial charge in [0, 0.05) is 29.1 Å². The smallest absolute Gasteiger partial charge is 0.0456 e. The van der Waals surface area contributed by atoms with Crippen LogP contribution < -0.4 is 5.73 Å². The minimum Gasteiger partial charge on any atom is -0.330 e. The van der Waals surface area contributed by atoms with Crippen molar-refractivity contribution in [3.8, 4) is 0 Å². The largest absolute Gasteiger partial charge is 0.330 e. The molecule has 0 aliphatic heterocycles. The Balaban J connectivity index is 3.00. The van der Waals surface area contributed by atoms with Gasteiger partial charge in [0.1, 0.15) is 0 Å². The van der Waals surface area contributed by atoms with Gasteiger partial charge in [-0.3, -0.25) is 0 Å². The van der Waals surface area contributed by atoms with Crippen LogP contribution in [0.3, 0.4) is 0 Å². The van der Waals surface area contributed by atoms with E-state index in [-0.39, 0.29) is 5.92 Å². The molecule has 15 heavy (non-hydrogen) atoms. The van der Waals surface area contributed by atoms with Crippen molar-refractivity contribution in [1.82, 2.24) is 4.90 Å². The first kappa shape index (κ1) is 12.8. The van der Waals surface area contributed by atoms with Gasteiger partial charge < -0.3 is 10.6 Å². The number of benzene rings is 1. The molecule has 0 bridgehead atoms. The van der Waals surface area contributed by atoms with E-state index in [0.717, 1.165) is 12.1 Å². The van der Waals surface area contributed by atoms with Crippen molar-refractivity contribution in [3.05, 3.63) is 33.8 Å². The van der Waals surface area contributed by atoms with Crippen molar-refractivity contribution in [2.45, 2.75) is 5.92 Å². The number of hydrogen-bond acceptors (Lipinski definition) is 2. The Kier molecular flexibility index (Phi) is 4.87. The van der Waals surface area contributed by atoms with Crippen LogP contribution in [0.15, 0.2) is 18.2 Å². The summed E-state index contributed by atoms with van der Waals surface area (Å²) in [5, 5.41) is 1.39. The van der Waals surface area contributed by atoms with Crippen molar-refractivity contribution >= 4 is 23.2 Å². The lowest BCUT2D eigenvalue weighted by atomic mass is 9.98. The second-order valence-corrected chi connectivity index (χ2v) is 4.64. The molecule has 4 heteroatoms. The van der Waals surface area contributed by atoms with E-state index in [1.807, 2.05) is 32.3 Å². The zero-order valence-electron chi connectivity index (χ0n) is 9.00. The summed E-state index contributed by atoms with van der Waals surface area (Å²) in [6.07, 6.45) is 0. The first-order chi connectivity index (χ1) is 7.06. The molecule has 1 aromatic carbocycles. The zero-order valence-corrected chi connectivity index (χ0v) is 10.5. The Morgan fingerprint density at radius 2 is 1.80 bits per heavy atom. The van der Waals surface area contributed by atoms with Crippen LogP contribution in [0.1, 0.15) is 11.5 Å². The molecule has 0 amide bonds. The molecule has 0 spiro atoms. The van der Waals surface area contributed by atoms with Gasteiger partial charge in [0.05, 0.1) is 0 Å². The number of nitrogens with two attached hydrogens (primary N) is 1. The van der Waals surface area contributed by atoms with Gasteiger partial charge in [0.2, 0.25) is 0 Å². The van der Waals surface area contributed by atoms with Crippen molar-refractivity contribution < 1.29 is 0 Å². The predicted octanol–water partition coefficient (Wildman–Crippen LogP) is 2.60. The van der Waals surface area contributed by atoms with E-state index in [1.54, 1.807) is 0 Å². The van der Waals surface area contributed by atoms with E-state index in [0.29, 0.717) is 16.6 Å². The summed E-state index contributed by atoms with van der Waals surface area (Å²) >= 11 is 12.3. The number of rotatable bonds is 4. The topological polar surface area (TPSA) is 29.3 Å². The molecule has 0 aromatic heterocycles. The summed E-state index contributed by atoms with van der Waals surface area (Å²) in [7, 11) is 4.01. The van der Waals surface area contributed by atoms with Gasteiger partial charge in [-0.25, -0.2) is 0 Å². The fraction of sp³-hybridized carbons (Fsp3) is 0.455. The van der Waals surface area contributed by atoms with Crippen molar-refractivity contribution in [1.29, 1.82) is 0 Å². The molecule has 0 aliphatic rings. The third-order valence-electron chi connectivity index (χ3n) is 2.28. The van der Waals surface area contributed by atoms with Gasteiger partial charge >= 0.3 is 0 Å². The highest BCUT2D eigenvalue weighted by atomic mass is 35.5. The minimum atomic E-state index is 0.182. The van der Waals surface area contributed by atoms with Crippen LogP contribution in [-0.4, -0.2) is 32.1 Å². The molecule has 0 saturated carbocycles. The van der Waals surface area contributed by atoms with E-state index >= 15 is 0 Å². The first-order valence-corrected chi connectivity index (χ1v) is 5.60. The monoisotopic (exact) mass is 246 g/mol. The van der Waals surface area contributed by atoms with Gasteiger partial charge in [-0.1, -0.05) is 29.3 Å². The molecular formula is C11H16Cl2N2. The number of nitrogens with zero attached hydrogens (tertiary/aromatic N) is 1. The number of halogens is 2. The molecule has 2 N–H and O–H groups in total. The Hall–Kier alpha value is -0.280. The van der Waals surface area contributed by atoms with E-state index in [9.17, 15) is 0 Å². The van der Waals surface area contributed by atoms with Gasteiger partial charge in [-0.2, -0.15) is 0 Å². The molecule has 1 atom stereocenters. The van der Waals surface area contributed by atoms with Crippen LogP contribution in [0.5, 0.6) is 0 Å². The standard InChI is InChI=1S/C11H16Cl2N2/c1-15(2)7-8(6-14)11-9(12)4-3-5-10(11)13/h3-5,8H,6-7,14H2,1-2H3. The van der Waals surface area contributed by atoms with E-state index in [1.165, 1.54) is 0 Å². The SMILES string of the molecule is CN(C)CC(CN)c1c(Cl)cccc1Cl. The first-order valence-electron chi connectivity index (χ1n) is 4.85. The van der Waals surface area contributed by atoms with Gasteiger partial charge in [0.25, 0.3) is 0 Å². The molecule has 0 heterocycles. The van der Waals surface area contributed by atoms with Crippen LogP contribution in [0, 0.1) is 0 Å². The molecule has 2 nitrogen and oxygen atoms in total. The second-order valence-electron chi connectivity index (χ2n) is 3.83. The highest BCUT2D eigenvalue weighted by molar-refractivity contribution is 6.36. The number of hydrogen-bond donors (Lipinski definition) is 1. The lowest BCUT2D eigenvalue weighted by Crippen LogP contribution is -2.26. The molecule has 1 aromatic rings. The van der Waals surface area contributed by atoms with E-state index in [4.69, 9.17) is 28.9 Å². The van der Waals surface area contributed by atoms with Crippen LogP contribution in [0.4, 0.5) is 0 Å². The fourth-order valence-electron chi connectivity index (χ4n) is 1.63. The van der Waals surface area contributed by atoms with Crippen LogP contribution in [0.2, 0.25) is 10.0 Å². The molecule has 84 valence electrons. The Labute approximate surface area is 101 Å². The van der Waals surface area contributed by atoms with Crippen molar-refractivity contribution in [3.63, 3.8) is 0 Å². The van der Waals surface area contributed by atoms with Crippen molar-refractivity contribution in [2.75, 3.05) is 27.2 Å². The fourth-order valence-corrected chi connectivity index (χ4v) is 2.33. The highest BCUT2D eigenvalue weighted by Crippen LogP contribution is 2.31. The third-order valence-corrected chi connectivity index (χ3v) is 2.94. The lowest BCUT2D eigenvalue weighted by molar-refractivity contribution is 0.375. The molecule has 0 aliphatic carbocycles. The second kappa shape index (κ2) is 5.71. The highest BCUT2D eigenvalue weighted by Gasteiger charge is 2.17. The summed E-state index contributed by atoms with van der Waals surface area (Å²) < 4.78 is 0. The Bertz CT molecular complexity index is 306. The summed E-state index contributed by atoms with van der Waals surface area (Å²) in [5.74, 6) is 0.182. The third kappa shape index (κ3) is 3.35. The Morgan fingerprint density at radius 1 is 1.27 bits per heavy atom. The molecule has 1 rings (SSSR count). The molecule has 0 fully saturated rings. The molecule has 1 unspecified atom stereocenters. The predicted molar refractivity (Wildman–Crippen MR) is 66.8 cm³/mol. The molecular weight excluding hydrogens is 231 g/mol.